The number of rotatable bonds is 2. The third-order valence-electron chi connectivity index (χ3n) is 2.89. The second kappa shape index (κ2) is 5.64. The summed E-state index contributed by atoms with van der Waals surface area (Å²) in [5.41, 5.74) is 1.78. The monoisotopic (exact) mass is 273 g/mol. The van der Waals surface area contributed by atoms with Crippen molar-refractivity contribution < 1.29 is 14.4 Å². The van der Waals surface area contributed by atoms with E-state index in [2.05, 4.69) is 10.1 Å². The zero-order valence-corrected chi connectivity index (χ0v) is 11.5. The number of carbonyl (C=O) groups excluding carboxylic acids is 2. The molecule has 0 saturated heterocycles. The van der Waals surface area contributed by atoms with Crippen LogP contribution in [0.4, 0.5) is 4.79 Å². The van der Waals surface area contributed by atoms with Gasteiger partial charge in [0.1, 0.15) is 12.0 Å². The highest BCUT2D eigenvalue weighted by atomic mass is 16.7. The van der Waals surface area contributed by atoms with Crippen LogP contribution in [0.5, 0.6) is 0 Å². The van der Waals surface area contributed by atoms with Crippen molar-refractivity contribution in [3.8, 4) is 0 Å². The van der Waals surface area contributed by atoms with Crippen LogP contribution in [0.25, 0.3) is 0 Å². The normalized spacial score (nSPS) is 17.2. The number of nitrogens with zero attached hydrogens (tertiary/aromatic N) is 3. The van der Waals surface area contributed by atoms with Crippen molar-refractivity contribution in [3.05, 3.63) is 42.0 Å². The van der Waals surface area contributed by atoms with E-state index in [1.165, 1.54) is 29.4 Å². The van der Waals surface area contributed by atoms with Gasteiger partial charge in [0.05, 0.1) is 0 Å². The molecular formula is C14H15N3O3. The van der Waals surface area contributed by atoms with Gasteiger partial charge in [-0.3, -0.25) is 9.63 Å². The fourth-order valence-corrected chi connectivity index (χ4v) is 1.74. The molecule has 0 aliphatic heterocycles. The van der Waals surface area contributed by atoms with Gasteiger partial charge in [-0.05, 0) is 30.6 Å². The van der Waals surface area contributed by atoms with Gasteiger partial charge in [-0.25, -0.2) is 14.3 Å². The van der Waals surface area contributed by atoms with E-state index in [1.807, 2.05) is 13.8 Å². The highest BCUT2D eigenvalue weighted by molar-refractivity contribution is 6.21. The van der Waals surface area contributed by atoms with E-state index in [0.29, 0.717) is 16.9 Å². The first-order valence-electron chi connectivity index (χ1n) is 6.21. The number of aromatic nitrogens is 2. The van der Waals surface area contributed by atoms with Crippen LogP contribution in [0, 0.1) is 5.92 Å². The van der Waals surface area contributed by atoms with Gasteiger partial charge in [0.25, 0.3) is 0 Å². The summed E-state index contributed by atoms with van der Waals surface area (Å²) in [6.45, 7) is 5.59. The lowest BCUT2D eigenvalue weighted by molar-refractivity contribution is -0.111. The van der Waals surface area contributed by atoms with Gasteiger partial charge >= 0.3 is 6.09 Å². The van der Waals surface area contributed by atoms with Crippen molar-refractivity contribution in [2.24, 2.45) is 11.1 Å². The molecular weight excluding hydrogens is 258 g/mol. The molecule has 0 amide bonds. The van der Waals surface area contributed by atoms with Crippen LogP contribution in [-0.2, 0) is 9.63 Å². The summed E-state index contributed by atoms with van der Waals surface area (Å²) in [7, 11) is 0. The third-order valence-corrected chi connectivity index (χ3v) is 2.89. The Hall–Kier alpha value is -2.50. The van der Waals surface area contributed by atoms with Crippen LogP contribution in [0.2, 0.25) is 0 Å². The maximum absolute atomic E-state index is 11.8. The highest BCUT2D eigenvalue weighted by Crippen LogP contribution is 2.19. The lowest BCUT2D eigenvalue weighted by Crippen LogP contribution is -2.17. The molecule has 1 aliphatic rings. The molecule has 1 aromatic rings. The quantitative estimate of drug-likeness (QED) is 0.471. The van der Waals surface area contributed by atoms with Crippen molar-refractivity contribution in [1.82, 2.24) is 9.55 Å². The second-order valence-corrected chi connectivity index (χ2v) is 4.75. The Kier molecular flexibility index (Phi) is 3.93. The number of imidazole rings is 1. The Morgan fingerprint density at radius 3 is 2.75 bits per heavy atom. The number of ketones is 1. The van der Waals surface area contributed by atoms with Crippen molar-refractivity contribution in [2.75, 3.05) is 0 Å². The minimum absolute atomic E-state index is 0.0302. The molecule has 6 nitrogen and oxygen atoms in total. The molecule has 104 valence electrons. The van der Waals surface area contributed by atoms with Crippen LogP contribution in [0.3, 0.4) is 0 Å². The summed E-state index contributed by atoms with van der Waals surface area (Å²) in [4.78, 5) is 32.0. The Morgan fingerprint density at radius 1 is 1.40 bits per heavy atom. The standard InChI is InChI=1S/C14H15N3O3/c1-9(2)11-7-12(10(3)6-13(11)18)16-20-14(19)17-5-4-15-8-17/h4-9H,1-3H3. The summed E-state index contributed by atoms with van der Waals surface area (Å²) in [6.07, 6.45) is 6.76. The Morgan fingerprint density at radius 2 is 2.15 bits per heavy atom. The molecule has 0 fully saturated rings. The average Bonchev–Trinajstić information content (AvgIpc) is 2.90. The Labute approximate surface area is 116 Å². The molecule has 6 heteroatoms. The first-order valence-corrected chi connectivity index (χ1v) is 6.21. The molecule has 0 unspecified atom stereocenters. The fourth-order valence-electron chi connectivity index (χ4n) is 1.74. The zero-order valence-electron chi connectivity index (χ0n) is 11.5. The second-order valence-electron chi connectivity index (χ2n) is 4.75. The highest BCUT2D eigenvalue weighted by Gasteiger charge is 2.19. The summed E-state index contributed by atoms with van der Waals surface area (Å²) < 4.78 is 1.17. The number of hydrogen-bond acceptors (Lipinski definition) is 5. The molecule has 0 aromatic carbocycles. The molecule has 1 heterocycles. The largest absolute Gasteiger partial charge is 0.445 e. The number of hydrogen-bond donors (Lipinski definition) is 0. The molecule has 0 saturated carbocycles. The Balaban J connectivity index is 2.18. The van der Waals surface area contributed by atoms with E-state index < -0.39 is 6.09 Å². The summed E-state index contributed by atoms with van der Waals surface area (Å²) >= 11 is 0. The number of allylic oxidation sites excluding steroid dienone is 4. The SMILES string of the molecule is CC1=CC(=O)C(C(C)C)=CC1=NOC(=O)n1ccnc1. The molecule has 2 rings (SSSR count). The lowest BCUT2D eigenvalue weighted by atomic mass is 9.90. The molecule has 0 radical (unpaired) electrons. The number of carbonyl (C=O) groups is 2. The summed E-state index contributed by atoms with van der Waals surface area (Å²) in [6, 6.07) is 0. The predicted molar refractivity (Wildman–Crippen MR) is 73.2 cm³/mol. The molecule has 0 spiro atoms. The molecule has 0 atom stereocenters. The van der Waals surface area contributed by atoms with Crippen molar-refractivity contribution >= 4 is 17.6 Å². The number of oxime groups is 1. The van der Waals surface area contributed by atoms with Gasteiger partial charge in [-0.15, -0.1) is 0 Å². The van der Waals surface area contributed by atoms with E-state index in [9.17, 15) is 9.59 Å². The third kappa shape index (κ3) is 2.90. The molecule has 0 N–H and O–H groups in total. The molecule has 1 aliphatic carbocycles. The topological polar surface area (TPSA) is 73.5 Å². The summed E-state index contributed by atoms with van der Waals surface area (Å²) in [5, 5.41) is 3.81. The Bertz CT molecular complexity index is 622. The van der Waals surface area contributed by atoms with Crippen molar-refractivity contribution in [3.63, 3.8) is 0 Å². The van der Waals surface area contributed by atoms with E-state index in [4.69, 9.17) is 4.84 Å². The summed E-state index contributed by atoms with van der Waals surface area (Å²) in [5.74, 6) is 0.0544. The van der Waals surface area contributed by atoms with Crippen LogP contribution < -0.4 is 0 Å². The first-order chi connectivity index (χ1) is 9.49. The van der Waals surface area contributed by atoms with Crippen molar-refractivity contribution in [2.45, 2.75) is 20.8 Å². The van der Waals surface area contributed by atoms with Gasteiger partial charge in [0.2, 0.25) is 0 Å². The van der Waals surface area contributed by atoms with E-state index in [1.54, 1.807) is 13.0 Å². The maximum atomic E-state index is 11.8. The van der Waals surface area contributed by atoms with Gasteiger partial charge in [0, 0.05) is 18.0 Å². The van der Waals surface area contributed by atoms with Gasteiger partial charge in [-0.2, -0.15) is 0 Å². The van der Waals surface area contributed by atoms with Crippen LogP contribution >= 0.6 is 0 Å². The van der Waals surface area contributed by atoms with Gasteiger partial charge < -0.3 is 0 Å². The lowest BCUT2D eigenvalue weighted by Gasteiger charge is -2.14. The van der Waals surface area contributed by atoms with E-state index >= 15 is 0 Å². The average molecular weight is 273 g/mol. The van der Waals surface area contributed by atoms with Crippen LogP contribution in [0.1, 0.15) is 20.8 Å². The minimum atomic E-state index is -0.654. The van der Waals surface area contributed by atoms with Gasteiger partial charge in [0.15, 0.2) is 5.78 Å². The van der Waals surface area contributed by atoms with E-state index in [0.717, 1.165) is 0 Å². The van der Waals surface area contributed by atoms with Crippen molar-refractivity contribution in [1.29, 1.82) is 0 Å². The molecule has 0 bridgehead atoms. The van der Waals surface area contributed by atoms with Gasteiger partial charge in [-0.1, -0.05) is 19.0 Å². The fraction of sp³-hybridized carbons (Fsp3) is 0.286. The predicted octanol–water partition coefficient (Wildman–Crippen LogP) is 2.34. The molecule has 1 aromatic heterocycles. The minimum Gasteiger partial charge on any atom is -0.297 e. The van der Waals surface area contributed by atoms with Crippen LogP contribution in [0.15, 0.2) is 47.2 Å². The molecule has 20 heavy (non-hydrogen) atoms. The first kappa shape index (κ1) is 13.9. The van der Waals surface area contributed by atoms with Crippen LogP contribution in [-0.4, -0.2) is 27.1 Å². The van der Waals surface area contributed by atoms with E-state index in [-0.39, 0.29) is 11.7 Å². The maximum Gasteiger partial charge on any atom is 0.445 e. The smallest absolute Gasteiger partial charge is 0.297 e. The zero-order chi connectivity index (χ0) is 14.7.